The average Bonchev–Trinajstić information content (AvgIpc) is 2.77. The van der Waals surface area contributed by atoms with Crippen molar-refractivity contribution >= 4 is 18.0 Å². The number of benzene rings is 1. The van der Waals surface area contributed by atoms with E-state index in [1.54, 1.807) is 0 Å². The lowest BCUT2D eigenvalue weighted by atomic mass is 10.2. The molecule has 0 amide bonds. The van der Waals surface area contributed by atoms with Gasteiger partial charge in [0.25, 0.3) is 5.56 Å². The van der Waals surface area contributed by atoms with Gasteiger partial charge in [-0.05, 0) is 30.5 Å². The van der Waals surface area contributed by atoms with Crippen LogP contribution < -0.4 is 5.56 Å². The van der Waals surface area contributed by atoms with Crippen molar-refractivity contribution in [2.45, 2.75) is 11.9 Å². The average molecular weight is 331 g/mol. The monoisotopic (exact) mass is 331 g/mol. The Bertz CT molecular complexity index is 732. The van der Waals surface area contributed by atoms with Crippen molar-refractivity contribution in [3.05, 3.63) is 51.4 Å². The van der Waals surface area contributed by atoms with Gasteiger partial charge in [0.15, 0.2) is 0 Å². The Morgan fingerprint density at radius 2 is 2.00 bits per heavy atom. The molecule has 1 aromatic heterocycles. The second-order valence-corrected chi connectivity index (χ2v) is 5.23. The van der Waals surface area contributed by atoms with Crippen LogP contribution in [0.2, 0.25) is 0 Å². The minimum absolute atomic E-state index is 0.164. The molecule has 1 heterocycles. The van der Waals surface area contributed by atoms with E-state index < -0.39 is 17.3 Å². The Morgan fingerprint density at radius 1 is 1.36 bits per heavy atom. The summed E-state index contributed by atoms with van der Waals surface area (Å²) in [7, 11) is 0. The maximum atomic E-state index is 12.5. The number of H-pyrrole nitrogens is 1. The number of aromatic nitrogens is 2. The van der Waals surface area contributed by atoms with Crippen LogP contribution in [0.5, 0.6) is 0 Å². The molecular weight excluding hydrogens is 319 g/mol. The summed E-state index contributed by atoms with van der Waals surface area (Å²) < 4.78 is 38.8. The normalized spacial score (nSPS) is 12.2. The fourth-order valence-corrected chi connectivity index (χ4v) is 2.43. The third-order valence-corrected chi connectivity index (χ3v) is 3.51. The molecule has 0 bridgehead atoms. The number of alkyl halides is 3. The van der Waals surface area contributed by atoms with Crippen LogP contribution in [0.15, 0.2) is 34.2 Å². The summed E-state index contributed by atoms with van der Waals surface area (Å²) in [6.45, 7) is 0. The number of aromatic amines is 1. The van der Waals surface area contributed by atoms with E-state index in [4.69, 9.17) is 5.21 Å². The van der Waals surface area contributed by atoms with E-state index in [0.717, 1.165) is 23.0 Å². The van der Waals surface area contributed by atoms with Crippen molar-refractivity contribution in [3.63, 3.8) is 0 Å². The van der Waals surface area contributed by atoms with Crippen molar-refractivity contribution in [1.29, 1.82) is 0 Å². The van der Waals surface area contributed by atoms with Crippen molar-refractivity contribution in [3.8, 4) is 5.69 Å². The summed E-state index contributed by atoms with van der Waals surface area (Å²) >= 11 is 1.44. The number of hydrogen-bond donors (Lipinski definition) is 2. The van der Waals surface area contributed by atoms with Crippen LogP contribution >= 0.6 is 11.8 Å². The summed E-state index contributed by atoms with van der Waals surface area (Å²) in [6.07, 6.45) is -1.60. The first kappa shape index (κ1) is 16.2. The molecule has 2 aromatic rings. The van der Waals surface area contributed by atoms with Gasteiger partial charge in [0, 0.05) is 5.75 Å². The second-order valence-electron chi connectivity index (χ2n) is 4.37. The largest absolute Gasteiger partial charge is 0.416 e. The maximum absolute atomic E-state index is 12.5. The first-order chi connectivity index (χ1) is 10.4. The molecule has 0 saturated heterocycles. The molecule has 0 radical (unpaired) electrons. The van der Waals surface area contributed by atoms with Crippen LogP contribution in [0.4, 0.5) is 13.2 Å². The fourth-order valence-electron chi connectivity index (χ4n) is 1.92. The van der Waals surface area contributed by atoms with Gasteiger partial charge in [0.2, 0.25) is 0 Å². The summed E-state index contributed by atoms with van der Waals surface area (Å²) in [6, 6.07) is 4.19. The molecule has 9 heteroatoms. The summed E-state index contributed by atoms with van der Waals surface area (Å²) in [5, 5.41) is 14.3. The van der Waals surface area contributed by atoms with Gasteiger partial charge in [0.05, 0.1) is 28.7 Å². The smallest absolute Gasteiger partial charge is 0.411 e. The van der Waals surface area contributed by atoms with Crippen molar-refractivity contribution in [2.75, 3.05) is 6.26 Å². The molecule has 2 N–H and O–H groups in total. The highest BCUT2D eigenvalue weighted by Crippen LogP contribution is 2.29. The lowest BCUT2D eigenvalue weighted by Crippen LogP contribution is -2.17. The number of nitrogens with one attached hydrogen (secondary N) is 1. The molecule has 2 rings (SSSR count). The lowest BCUT2D eigenvalue weighted by Gasteiger charge is -2.07. The molecule has 1 aromatic carbocycles. The second kappa shape index (κ2) is 6.30. The molecule has 0 aliphatic rings. The highest BCUT2D eigenvalue weighted by atomic mass is 32.2. The fraction of sp³-hybridized carbons (Fsp3) is 0.231. The third kappa shape index (κ3) is 3.19. The Kier molecular flexibility index (Phi) is 4.65. The van der Waals surface area contributed by atoms with E-state index in [9.17, 15) is 18.0 Å². The molecule has 118 valence electrons. The quantitative estimate of drug-likeness (QED) is 0.514. The van der Waals surface area contributed by atoms with E-state index in [1.165, 1.54) is 23.9 Å². The van der Waals surface area contributed by atoms with Gasteiger partial charge in [-0.2, -0.15) is 24.9 Å². The van der Waals surface area contributed by atoms with Crippen molar-refractivity contribution < 1.29 is 18.4 Å². The number of hydrogen-bond acceptors (Lipinski definition) is 4. The lowest BCUT2D eigenvalue weighted by molar-refractivity contribution is -0.137. The van der Waals surface area contributed by atoms with Crippen molar-refractivity contribution in [2.24, 2.45) is 5.16 Å². The Morgan fingerprint density at radius 3 is 2.50 bits per heavy atom. The van der Waals surface area contributed by atoms with Gasteiger partial charge in [-0.1, -0.05) is 5.16 Å². The molecule has 0 fully saturated rings. The summed E-state index contributed by atoms with van der Waals surface area (Å²) in [4.78, 5) is 12.2. The predicted molar refractivity (Wildman–Crippen MR) is 78.0 cm³/mol. The van der Waals surface area contributed by atoms with Crippen LogP contribution in [0.25, 0.3) is 5.69 Å². The molecule has 0 spiro atoms. The van der Waals surface area contributed by atoms with Gasteiger partial charge >= 0.3 is 6.18 Å². The molecule has 0 aliphatic carbocycles. The SMILES string of the molecule is CSCc1[nH]n(-c2ccc(C(F)(F)F)cc2)c(=O)c1C=NO. The highest BCUT2D eigenvalue weighted by Gasteiger charge is 2.30. The van der Waals surface area contributed by atoms with Gasteiger partial charge in [-0.3, -0.25) is 9.89 Å². The Labute approximate surface area is 127 Å². The minimum Gasteiger partial charge on any atom is -0.411 e. The number of halogens is 3. The Hall–Kier alpha value is -2.16. The molecule has 0 atom stereocenters. The van der Waals surface area contributed by atoms with E-state index in [1.807, 2.05) is 6.26 Å². The van der Waals surface area contributed by atoms with Crippen molar-refractivity contribution in [1.82, 2.24) is 9.78 Å². The number of rotatable bonds is 4. The third-order valence-electron chi connectivity index (χ3n) is 2.93. The zero-order valence-electron chi connectivity index (χ0n) is 11.4. The van der Waals surface area contributed by atoms with Gasteiger partial charge in [0.1, 0.15) is 0 Å². The molecule has 22 heavy (non-hydrogen) atoms. The van der Waals surface area contributed by atoms with Crippen LogP contribution in [0, 0.1) is 0 Å². The zero-order chi connectivity index (χ0) is 16.3. The molecule has 0 saturated carbocycles. The topological polar surface area (TPSA) is 70.4 Å². The molecule has 0 aliphatic heterocycles. The number of oxime groups is 1. The minimum atomic E-state index is -4.43. The zero-order valence-corrected chi connectivity index (χ0v) is 12.2. The van der Waals surface area contributed by atoms with Gasteiger partial charge in [-0.25, -0.2) is 4.68 Å². The number of nitrogens with zero attached hydrogens (tertiary/aromatic N) is 2. The van der Waals surface area contributed by atoms with Crippen LogP contribution in [-0.4, -0.2) is 27.5 Å². The van der Waals surface area contributed by atoms with Gasteiger partial charge in [-0.15, -0.1) is 0 Å². The number of thioether (sulfide) groups is 1. The van der Waals surface area contributed by atoms with E-state index in [2.05, 4.69) is 10.3 Å². The predicted octanol–water partition coefficient (Wildman–Crippen LogP) is 2.86. The first-order valence-corrected chi connectivity index (χ1v) is 7.45. The van der Waals surface area contributed by atoms with Gasteiger partial charge < -0.3 is 5.21 Å². The van der Waals surface area contributed by atoms with Crippen LogP contribution in [0.3, 0.4) is 0 Å². The van der Waals surface area contributed by atoms with Crippen LogP contribution in [0.1, 0.15) is 16.8 Å². The summed E-state index contributed by atoms with van der Waals surface area (Å²) in [5.41, 5.74) is -0.344. The van der Waals surface area contributed by atoms with E-state index >= 15 is 0 Å². The molecule has 0 unspecified atom stereocenters. The molecule has 5 nitrogen and oxygen atoms in total. The van der Waals surface area contributed by atoms with Crippen LogP contribution in [-0.2, 0) is 11.9 Å². The highest BCUT2D eigenvalue weighted by molar-refractivity contribution is 7.97. The molecular formula is C13H12F3N3O2S. The standard InChI is InChI=1S/C13H12F3N3O2S/c1-22-7-11-10(6-17-21)12(20)19(18-11)9-4-2-8(3-5-9)13(14,15)16/h2-6,18,21H,7H2,1H3. The van der Waals surface area contributed by atoms with E-state index in [0.29, 0.717) is 11.4 Å². The summed E-state index contributed by atoms with van der Waals surface area (Å²) in [5.74, 6) is 0.463. The maximum Gasteiger partial charge on any atom is 0.416 e. The first-order valence-electron chi connectivity index (χ1n) is 6.06. The van der Waals surface area contributed by atoms with E-state index in [-0.39, 0.29) is 11.3 Å². The Balaban J connectivity index is 2.49.